The molecule has 0 aromatic heterocycles. The monoisotopic (exact) mass is 373 g/mol. The van der Waals surface area contributed by atoms with E-state index >= 15 is 0 Å². The van der Waals surface area contributed by atoms with E-state index in [0.29, 0.717) is 0 Å². The van der Waals surface area contributed by atoms with Crippen LogP contribution in [0.15, 0.2) is 16.6 Å². The number of aromatic hydroxyl groups is 1. The fourth-order valence-corrected chi connectivity index (χ4v) is 3.14. The van der Waals surface area contributed by atoms with Gasteiger partial charge < -0.3 is 10.8 Å². The van der Waals surface area contributed by atoms with Gasteiger partial charge in [0.1, 0.15) is 5.75 Å². The molecular weight excluding hydrogens is 359 g/mol. The number of hydrogen-bond donors (Lipinski definition) is 2. The van der Waals surface area contributed by atoms with Gasteiger partial charge in [-0.2, -0.15) is 13.2 Å². The smallest absolute Gasteiger partial charge is 0.420 e. The van der Waals surface area contributed by atoms with Crippen molar-refractivity contribution in [1.82, 2.24) is 0 Å². The Labute approximate surface area is 130 Å². The molecule has 0 saturated heterocycles. The molecule has 0 unspecified atom stereocenters. The molecule has 20 heavy (non-hydrogen) atoms. The summed E-state index contributed by atoms with van der Waals surface area (Å²) in [5.41, 5.74) is 5.17. The van der Waals surface area contributed by atoms with Crippen molar-refractivity contribution in [3.05, 3.63) is 27.7 Å². The molecule has 1 aliphatic rings. The Kier molecular flexibility index (Phi) is 5.75. The summed E-state index contributed by atoms with van der Waals surface area (Å²) in [6, 6.07) is 1.80. The third-order valence-corrected chi connectivity index (χ3v) is 4.13. The van der Waals surface area contributed by atoms with Crippen molar-refractivity contribution in [3.8, 4) is 5.75 Å². The molecule has 1 aromatic rings. The lowest BCUT2D eigenvalue weighted by atomic mass is 9.90. The Balaban J connectivity index is 0.00000200. The molecule has 1 fully saturated rings. The molecule has 2 nitrogen and oxygen atoms in total. The highest BCUT2D eigenvalue weighted by Gasteiger charge is 2.37. The molecule has 1 aromatic carbocycles. The van der Waals surface area contributed by atoms with Crippen LogP contribution in [-0.4, -0.2) is 5.11 Å². The van der Waals surface area contributed by atoms with Crippen LogP contribution >= 0.6 is 28.3 Å². The van der Waals surface area contributed by atoms with Crippen LogP contribution in [0.25, 0.3) is 0 Å². The minimum Gasteiger partial charge on any atom is -0.507 e. The van der Waals surface area contributed by atoms with Gasteiger partial charge in [-0.1, -0.05) is 28.8 Å². The fraction of sp³-hybridized carbons (Fsp3) is 0.538. The van der Waals surface area contributed by atoms with Crippen LogP contribution in [0, 0.1) is 5.92 Å². The Morgan fingerprint density at radius 3 is 2.30 bits per heavy atom. The standard InChI is InChI=1S/C13H15BrF3NO.ClH/c14-8-5-9(11(18)7-3-1-2-4-7)12(19)10(6-8)13(15,16)17;/h5-7,11,19H,1-4,18H2;1H/t11-;/m1./s1. The molecule has 0 spiro atoms. The molecular formula is C13H16BrClF3NO. The predicted molar refractivity (Wildman–Crippen MR) is 76.9 cm³/mol. The number of benzene rings is 1. The quantitative estimate of drug-likeness (QED) is 0.782. The van der Waals surface area contributed by atoms with Gasteiger partial charge in [0.2, 0.25) is 0 Å². The van der Waals surface area contributed by atoms with Crippen molar-refractivity contribution >= 4 is 28.3 Å². The minimum absolute atomic E-state index is 0. The summed E-state index contributed by atoms with van der Waals surface area (Å²) in [6.07, 6.45) is -0.709. The van der Waals surface area contributed by atoms with Gasteiger partial charge in [0.15, 0.2) is 0 Å². The second-order valence-electron chi connectivity index (χ2n) is 4.96. The highest BCUT2D eigenvalue weighted by Crippen LogP contribution is 2.44. The van der Waals surface area contributed by atoms with Crippen molar-refractivity contribution < 1.29 is 18.3 Å². The number of phenolic OH excluding ortho intramolecular Hbond substituents is 1. The third kappa shape index (κ3) is 3.59. The van der Waals surface area contributed by atoms with E-state index in [1.165, 1.54) is 6.07 Å². The Morgan fingerprint density at radius 2 is 1.80 bits per heavy atom. The first kappa shape index (κ1) is 17.6. The van der Waals surface area contributed by atoms with Gasteiger partial charge in [0.05, 0.1) is 5.56 Å². The molecule has 114 valence electrons. The highest BCUT2D eigenvalue weighted by atomic mass is 79.9. The maximum absolute atomic E-state index is 12.8. The molecule has 0 amide bonds. The van der Waals surface area contributed by atoms with Crippen molar-refractivity contribution in [2.24, 2.45) is 11.7 Å². The second-order valence-corrected chi connectivity index (χ2v) is 5.87. The van der Waals surface area contributed by atoms with Crippen molar-refractivity contribution in [2.75, 3.05) is 0 Å². The number of halogens is 5. The highest BCUT2D eigenvalue weighted by molar-refractivity contribution is 9.10. The SMILES string of the molecule is Cl.N[C@@H](c1cc(Br)cc(C(F)(F)F)c1O)C1CCCC1. The molecule has 1 aliphatic carbocycles. The van der Waals surface area contributed by atoms with Crippen molar-refractivity contribution in [2.45, 2.75) is 37.9 Å². The van der Waals surface area contributed by atoms with E-state index in [9.17, 15) is 18.3 Å². The maximum atomic E-state index is 12.8. The van der Waals surface area contributed by atoms with Crippen molar-refractivity contribution in [3.63, 3.8) is 0 Å². The Bertz CT molecular complexity index is 475. The number of phenols is 1. The molecule has 1 saturated carbocycles. The minimum atomic E-state index is -4.59. The molecule has 0 radical (unpaired) electrons. The van der Waals surface area contributed by atoms with Gasteiger partial charge in [-0.05, 0) is 30.9 Å². The largest absolute Gasteiger partial charge is 0.507 e. The maximum Gasteiger partial charge on any atom is 0.420 e. The molecule has 3 N–H and O–H groups in total. The number of rotatable bonds is 2. The van der Waals surface area contributed by atoms with Crippen LogP contribution in [0.4, 0.5) is 13.2 Å². The van der Waals surface area contributed by atoms with E-state index in [1.54, 1.807) is 0 Å². The van der Waals surface area contributed by atoms with E-state index in [2.05, 4.69) is 15.9 Å². The molecule has 0 heterocycles. The molecule has 0 aliphatic heterocycles. The summed E-state index contributed by atoms with van der Waals surface area (Å²) in [4.78, 5) is 0. The summed E-state index contributed by atoms with van der Waals surface area (Å²) < 4.78 is 38.8. The van der Waals surface area contributed by atoms with Gasteiger partial charge >= 0.3 is 6.18 Å². The lowest BCUT2D eigenvalue weighted by Gasteiger charge is -2.22. The summed E-state index contributed by atoms with van der Waals surface area (Å²) >= 11 is 3.05. The first-order chi connectivity index (χ1) is 8.80. The average Bonchev–Trinajstić information content (AvgIpc) is 2.83. The normalized spacial score (nSPS) is 17.9. The zero-order valence-electron chi connectivity index (χ0n) is 10.6. The van der Waals surface area contributed by atoms with Gasteiger partial charge in [0, 0.05) is 16.1 Å². The van der Waals surface area contributed by atoms with Crippen LogP contribution < -0.4 is 5.73 Å². The van der Waals surface area contributed by atoms with E-state index in [4.69, 9.17) is 5.73 Å². The number of alkyl halides is 3. The van der Waals surface area contributed by atoms with E-state index in [-0.39, 0.29) is 28.4 Å². The van der Waals surface area contributed by atoms with E-state index in [1.807, 2.05) is 0 Å². The van der Waals surface area contributed by atoms with Crippen LogP contribution in [0.2, 0.25) is 0 Å². The predicted octanol–water partition coefficient (Wildman–Crippen LogP) is 4.79. The van der Waals surface area contributed by atoms with Gasteiger partial charge in [-0.25, -0.2) is 0 Å². The number of nitrogens with two attached hydrogens (primary N) is 1. The summed E-state index contributed by atoms with van der Waals surface area (Å²) in [5, 5.41) is 9.86. The Morgan fingerprint density at radius 1 is 1.25 bits per heavy atom. The van der Waals surface area contributed by atoms with Crippen LogP contribution in [-0.2, 0) is 6.18 Å². The molecule has 1 atom stereocenters. The Hall–Kier alpha value is -0.460. The fourth-order valence-electron chi connectivity index (χ4n) is 2.66. The zero-order chi connectivity index (χ0) is 14.2. The summed E-state index contributed by atoms with van der Waals surface area (Å²) in [6.45, 7) is 0. The average molecular weight is 375 g/mol. The lowest BCUT2D eigenvalue weighted by molar-refractivity contribution is -0.138. The topological polar surface area (TPSA) is 46.2 Å². The third-order valence-electron chi connectivity index (χ3n) is 3.68. The first-order valence-electron chi connectivity index (χ1n) is 6.16. The second kappa shape index (κ2) is 6.54. The lowest BCUT2D eigenvalue weighted by Crippen LogP contribution is -2.20. The van der Waals surface area contributed by atoms with Crippen LogP contribution in [0.1, 0.15) is 42.9 Å². The summed E-state index contributed by atoms with van der Waals surface area (Å²) in [7, 11) is 0. The first-order valence-corrected chi connectivity index (χ1v) is 6.95. The molecule has 0 bridgehead atoms. The van der Waals surface area contributed by atoms with Gasteiger partial charge in [-0.3, -0.25) is 0 Å². The zero-order valence-corrected chi connectivity index (χ0v) is 13.0. The van der Waals surface area contributed by atoms with Crippen molar-refractivity contribution in [1.29, 1.82) is 0 Å². The van der Waals surface area contributed by atoms with Gasteiger partial charge in [-0.15, -0.1) is 12.4 Å². The van der Waals surface area contributed by atoms with E-state index in [0.717, 1.165) is 31.7 Å². The van der Waals surface area contributed by atoms with E-state index < -0.39 is 23.5 Å². The van der Waals surface area contributed by atoms with Gasteiger partial charge in [0.25, 0.3) is 0 Å². The van der Waals surface area contributed by atoms with Crippen LogP contribution in [0.5, 0.6) is 5.75 Å². The summed E-state index contributed by atoms with van der Waals surface area (Å²) in [5.74, 6) is -0.601. The van der Waals surface area contributed by atoms with Crippen LogP contribution in [0.3, 0.4) is 0 Å². The molecule has 2 rings (SSSR count). The number of hydrogen-bond acceptors (Lipinski definition) is 2. The molecule has 7 heteroatoms.